The second kappa shape index (κ2) is 8.02. The molecule has 5 aromatic carbocycles. The fourth-order valence-electron chi connectivity index (χ4n) is 4.58. The average Bonchev–Trinajstić information content (AvgIpc) is 2.82. The molecule has 0 fully saturated rings. The predicted octanol–water partition coefficient (Wildman–Crippen LogP) is 7.95. The van der Waals surface area contributed by atoms with E-state index in [-0.39, 0.29) is 0 Å². The summed E-state index contributed by atoms with van der Waals surface area (Å²) in [7, 11) is 4.25. The molecule has 0 spiro atoms. The molecular formula is C30H27N. The van der Waals surface area contributed by atoms with Crippen molar-refractivity contribution < 1.29 is 0 Å². The molecule has 0 heterocycles. The third kappa shape index (κ3) is 3.41. The molecule has 31 heavy (non-hydrogen) atoms. The van der Waals surface area contributed by atoms with Crippen molar-refractivity contribution in [1.29, 1.82) is 0 Å². The number of hydrogen-bond donors (Lipinski definition) is 0. The predicted molar refractivity (Wildman–Crippen MR) is 134 cm³/mol. The van der Waals surface area contributed by atoms with Gasteiger partial charge in [0.15, 0.2) is 0 Å². The smallest absolute Gasteiger partial charge is 0.0313 e. The fourth-order valence-corrected chi connectivity index (χ4v) is 4.58. The SMILES string of the molecule is CC(c1ccc(-c2c3ccccc3c(-c3ccccc3)c3ccccc23)cc1)N(C)C. The van der Waals surface area contributed by atoms with Crippen molar-refractivity contribution in [2.24, 2.45) is 0 Å². The second-order valence-electron chi connectivity index (χ2n) is 8.47. The van der Waals surface area contributed by atoms with Crippen LogP contribution in [0.5, 0.6) is 0 Å². The van der Waals surface area contributed by atoms with E-state index in [1.54, 1.807) is 0 Å². The summed E-state index contributed by atoms with van der Waals surface area (Å²) in [6, 6.07) is 37.9. The summed E-state index contributed by atoms with van der Waals surface area (Å²) in [6.07, 6.45) is 0. The Bertz CT molecular complexity index is 1290. The van der Waals surface area contributed by atoms with Gasteiger partial charge in [0.1, 0.15) is 0 Å². The quantitative estimate of drug-likeness (QED) is 0.276. The van der Waals surface area contributed by atoms with E-state index in [2.05, 4.69) is 129 Å². The largest absolute Gasteiger partial charge is 0.303 e. The van der Waals surface area contributed by atoms with E-state index >= 15 is 0 Å². The van der Waals surface area contributed by atoms with Gasteiger partial charge >= 0.3 is 0 Å². The third-order valence-corrected chi connectivity index (χ3v) is 6.45. The van der Waals surface area contributed by atoms with Crippen LogP contribution in [0.4, 0.5) is 0 Å². The van der Waals surface area contributed by atoms with E-state index in [4.69, 9.17) is 0 Å². The van der Waals surface area contributed by atoms with Crippen molar-refractivity contribution in [1.82, 2.24) is 4.90 Å². The maximum Gasteiger partial charge on any atom is 0.0313 e. The first-order valence-corrected chi connectivity index (χ1v) is 10.9. The zero-order chi connectivity index (χ0) is 21.4. The molecule has 0 aromatic heterocycles. The highest BCUT2D eigenvalue weighted by atomic mass is 15.1. The lowest BCUT2D eigenvalue weighted by molar-refractivity contribution is 0.321. The molecule has 5 rings (SSSR count). The Hall–Kier alpha value is -3.42. The van der Waals surface area contributed by atoms with Gasteiger partial charge in [0.2, 0.25) is 0 Å². The van der Waals surface area contributed by atoms with Crippen LogP contribution in [-0.2, 0) is 0 Å². The molecule has 1 atom stereocenters. The molecule has 0 N–H and O–H groups in total. The standard InChI is InChI=1S/C30H27N/c1-21(31(2)3)22-17-19-24(20-18-22)30-27-15-9-7-13-25(27)29(23-11-5-4-6-12-23)26-14-8-10-16-28(26)30/h4-21H,1-3H3. The lowest BCUT2D eigenvalue weighted by Gasteiger charge is -2.21. The summed E-state index contributed by atoms with van der Waals surface area (Å²) >= 11 is 0. The van der Waals surface area contributed by atoms with Crippen LogP contribution >= 0.6 is 0 Å². The van der Waals surface area contributed by atoms with Crippen LogP contribution in [0.15, 0.2) is 103 Å². The van der Waals surface area contributed by atoms with Gasteiger partial charge in [0.05, 0.1) is 0 Å². The van der Waals surface area contributed by atoms with Crippen molar-refractivity contribution >= 4 is 21.5 Å². The number of benzene rings is 5. The minimum absolute atomic E-state index is 0.392. The zero-order valence-corrected chi connectivity index (χ0v) is 18.3. The molecule has 152 valence electrons. The van der Waals surface area contributed by atoms with E-state index in [1.807, 2.05) is 0 Å². The summed E-state index contributed by atoms with van der Waals surface area (Å²) in [5.41, 5.74) is 6.49. The Morgan fingerprint density at radius 1 is 0.484 bits per heavy atom. The first-order chi connectivity index (χ1) is 15.1. The van der Waals surface area contributed by atoms with Gasteiger partial charge in [-0.3, -0.25) is 0 Å². The highest BCUT2D eigenvalue weighted by Gasteiger charge is 2.16. The number of hydrogen-bond acceptors (Lipinski definition) is 1. The Morgan fingerprint density at radius 3 is 1.29 bits per heavy atom. The topological polar surface area (TPSA) is 3.24 Å². The minimum atomic E-state index is 0.392. The van der Waals surface area contributed by atoms with Gasteiger partial charge in [-0.15, -0.1) is 0 Å². The third-order valence-electron chi connectivity index (χ3n) is 6.45. The summed E-state index contributed by atoms with van der Waals surface area (Å²) in [4.78, 5) is 2.24. The molecule has 0 saturated carbocycles. The number of rotatable bonds is 4. The second-order valence-corrected chi connectivity index (χ2v) is 8.47. The lowest BCUT2D eigenvalue weighted by Crippen LogP contribution is -2.16. The van der Waals surface area contributed by atoms with Gasteiger partial charge in [0.25, 0.3) is 0 Å². The first-order valence-electron chi connectivity index (χ1n) is 10.9. The van der Waals surface area contributed by atoms with Gasteiger partial charge in [-0.2, -0.15) is 0 Å². The highest BCUT2D eigenvalue weighted by Crippen LogP contribution is 2.43. The minimum Gasteiger partial charge on any atom is -0.303 e. The van der Waals surface area contributed by atoms with Crippen LogP contribution in [0.25, 0.3) is 43.8 Å². The Balaban J connectivity index is 1.82. The van der Waals surface area contributed by atoms with Gasteiger partial charge in [-0.25, -0.2) is 0 Å². The van der Waals surface area contributed by atoms with Crippen molar-refractivity contribution in [3.8, 4) is 22.3 Å². The normalized spacial score (nSPS) is 12.5. The molecule has 1 nitrogen and oxygen atoms in total. The van der Waals surface area contributed by atoms with Crippen LogP contribution in [0.3, 0.4) is 0 Å². The van der Waals surface area contributed by atoms with Gasteiger partial charge in [-0.05, 0) is 70.4 Å². The van der Waals surface area contributed by atoms with Crippen molar-refractivity contribution in [2.75, 3.05) is 14.1 Å². The Kier molecular flexibility index (Phi) is 5.05. The zero-order valence-electron chi connectivity index (χ0n) is 18.3. The molecule has 0 radical (unpaired) electrons. The molecule has 0 aliphatic carbocycles. The van der Waals surface area contributed by atoms with E-state index < -0.39 is 0 Å². The lowest BCUT2D eigenvalue weighted by atomic mass is 9.86. The molecule has 0 saturated heterocycles. The number of nitrogens with zero attached hydrogens (tertiary/aromatic N) is 1. The summed E-state index contributed by atoms with van der Waals surface area (Å²) in [6.45, 7) is 2.24. The van der Waals surface area contributed by atoms with E-state index in [0.29, 0.717) is 6.04 Å². The monoisotopic (exact) mass is 401 g/mol. The van der Waals surface area contributed by atoms with Crippen LogP contribution in [0, 0.1) is 0 Å². The molecule has 0 aliphatic heterocycles. The molecular weight excluding hydrogens is 374 g/mol. The van der Waals surface area contributed by atoms with Crippen LogP contribution < -0.4 is 0 Å². The van der Waals surface area contributed by atoms with E-state index in [9.17, 15) is 0 Å². The van der Waals surface area contributed by atoms with Crippen LogP contribution in [-0.4, -0.2) is 19.0 Å². The van der Waals surface area contributed by atoms with Crippen LogP contribution in [0.2, 0.25) is 0 Å². The molecule has 0 aliphatic rings. The molecule has 1 unspecified atom stereocenters. The maximum absolute atomic E-state index is 2.28. The van der Waals surface area contributed by atoms with E-state index in [1.165, 1.54) is 49.4 Å². The summed E-state index contributed by atoms with van der Waals surface area (Å²) < 4.78 is 0. The Labute approximate surface area is 184 Å². The van der Waals surface area contributed by atoms with E-state index in [0.717, 1.165) is 0 Å². The average molecular weight is 402 g/mol. The van der Waals surface area contributed by atoms with Gasteiger partial charge in [0, 0.05) is 6.04 Å². The fraction of sp³-hybridized carbons (Fsp3) is 0.133. The molecule has 5 aromatic rings. The number of fused-ring (bicyclic) bond motifs is 2. The molecule has 0 bridgehead atoms. The molecule has 0 amide bonds. The van der Waals surface area contributed by atoms with Gasteiger partial charge < -0.3 is 4.90 Å². The van der Waals surface area contributed by atoms with Crippen molar-refractivity contribution in [3.05, 3.63) is 109 Å². The van der Waals surface area contributed by atoms with Crippen molar-refractivity contribution in [3.63, 3.8) is 0 Å². The Morgan fingerprint density at radius 2 is 0.871 bits per heavy atom. The highest BCUT2D eigenvalue weighted by molar-refractivity contribution is 6.21. The van der Waals surface area contributed by atoms with Gasteiger partial charge in [-0.1, -0.05) is 103 Å². The summed E-state index contributed by atoms with van der Waals surface area (Å²) in [5.74, 6) is 0. The first kappa shape index (κ1) is 19.5. The van der Waals surface area contributed by atoms with Crippen molar-refractivity contribution in [2.45, 2.75) is 13.0 Å². The maximum atomic E-state index is 2.28. The summed E-state index contributed by atoms with van der Waals surface area (Å²) in [5, 5.41) is 5.20. The van der Waals surface area contributed by atoms with Crippen LogP contribution in [0.1, 0.15) is 18.5 Å². The molecule has 1 heteroatoms.